The molecular weight excluding hydrogens is 338 g/mol. The monoisotopic (exact) mass is 357 g/mol. The molecule has 2 aromatic heterocycles. The second-order valence-electron chi connectivity index (χ2n) is 5.28. The van der Waals surface area contributed by atoms with Crippen LogP contribution in [0.2, 0.25) is 5.15 Å². The van der Waals surface area contributed by atoms with Crippen LogP contribution in [0.15, 0.2) is 42.5 Å². The van der Waals surface area contributed by atoms with E-state index in [4.69, 9.17) is 23.1 Å². The van der Waals surface area contributed by atoms with Gasteiger partial charge < -0.3 is 16.8 Å². The van der Waals surface area contributed by atoms with Crippen LogP contribution < -0.4 is 16.8 Å². The van der Waals surface area contributed by atoms with Crippen LogP contribution in [0.1, 0.15) is 17.0 Å². The minimum Gasteiger partial charge on any atom is -0.368 e. The minimum atomic E-state index is 0.222. The number of nitrogens with two attached hydrogens (primary N) is 2. The van der Waals surface area contributed by atoms with Gasteiger partial charge in [0.1, 0.15) is 11.0 Å². The van der Waals surface area contributed by atoms with Gasteiger partial charge in [-0.1, -0.05) is 41.9 Å². The molecule has 0 aliphatic rings. The van der Waals surface area contributed by atoms with Crippen LogP contribution in [0.4, 0.5) is 17.7 Å². The Bertz CT molecular complexity index is 754. The van der Waals surface area contributed by atoms with Crippen LogP contribution in [-0.2, 0) is 6.54 Å². The molecule has 130 valence electrons. The third kappa shape index (κ3) is 6.60. The molecule has 0 radical (unpaired) electrons. The van der Waals surface area contributed by atoms with E-state index < -0.39 is 0 Å². The lowest BCUT2D eigenvalue weighted by atomic mass is 10.2. The highest BCUT2D eigenvalue weighted by Crippen LogP contribution is 2.09. The Labute approximate surface area is 151 Å². The first-order chi connectivity index (χ1) is 11.9. The van der Waals surface area contributed by atoms with Crippen LogP contribution in [-0.4, -0.2) is 19.9 Å². The molecule has 1 aromatic carbocycles. The normalized spacial score (nSPS) is 9.88. The van der Waals surface area contributed by atoms with Crippen molar-refractivity contribution >= 4 is 29.3 Å². The van der Waals surface area contributed by atoms with Gasteiger partial charge in [0.25, 0.3) is 0 Å². The maximum absolute atomic E-state index is 5.57. The lowest BCUT2D eigenvalue weighted by Gasteiger charge is -2.06. The predicted octanol–water partition coefficient (Wildman–Crippen LogP) is 3.00. The zero-order valence-corrected chi connectivity index (χ0v) is 14.8. The number of hydrogen-bond donors (Lipinski definition) is 3. The number of aryl methyl sites for hydroxylation is 2. The smallest absolute Gasteiger partial charge is 0.222 e. The quantitative estimate of drug-likeness (QED) is 0.617. The van der Waals surface area contributed by atoms with Gasteiger partial charge in [-0.3, -0.25) is 0 Å². The van der Waals surface area contributed by atoms with Crippen molar-refractivity contribution < 1.29 is 0 Å². The van der Waals surface area contributed by atoms with Crippen molar-refractivity contribution in [3.63, 3.8) is 0 Å². The van der Waals surface area contributed by atoms with Crippen molar-refractivity contribution in [3.05, 3.63) is 64.6 Å². The van der Waals surface area contributed by atoms with Gasteiger partial charge in [-0.05, 0) is 25.5 Å². The van der Waals surface area contributed by atoms with Crippen LogP contribution in [0.3, 0.4) is 0 Å². The van der Waals surface area contributed by atoms with Gasteiger partial charge in [0.15, 0.2) is 0 Å². The van der Waals surface area contributed by atoms with Gasteiger partial charge in [-0.2, -0.15) is 4.98 Å². The van der Waals surface area contributed by atoms with E-state index in [0.29, 0.717) is 11.1 Å². The Balaban J connectivity index is 0.000000212. The molecule has 3 rings (SSSR count). The van der Waals surface area contributed by atoms with Crippen LogP contribution >= 0.6 is 11.6 Å². The van der Waals surface area contributed by atoms with E-state index >= 15 is 0 Å². The number of nitrogens with one attached hydrogen (secondary N) is 1. The molecule has 0 spiro atoms. The molecule has 2 heterocycles. The highest BCUT2D eigenvalue weighted by molar-refractivity contribution is 6.29. The number of aromatic nitrogens is 4. The molecule has 5 N–H and O–H groups in total. The number of nitrogen functional groups attached to an aromatic ring is 2. The molecule has 0 unspecified atom stereocenters. The van der Waals surface area contributed by atoms with Gasteiger partial charge in [-0.15, -0.1) is 0 Å². The molecule has 25 heavy (non-hydrogen) atoms. The van der Waals surface area contributed by atoms with Gasteiger partial charge in [0.05, 0.1) is 0 Å². The van der Waals surface area contributed by atoms with Crippen LogP contribution in [0.5, 0.6) is 0 Å². The number of benzene rings is 1. The zero-order chi connectivity index (χ0) is 18.2. The third-order valence-electron chi connectivity index (χ3n) is 3.03. The number of nitrogens with zero attached hydrogens (tertiary/aromatic N) is 4. The van der Waals surface area contributed by atoms with Crippen molar-refractivity contribution in [2.45, 2.75) is 20.4 Å². The summed E-state index contributed by atoms with van der Waals surface area (Å²) >= 11 is 5.52. The Morgan fingerprint density at radius 2 is 1.48 bits per heavy atom. The lowest BCUT2D eigenvalue weighted by Crippen LogP contribution is -2.05. The fraction of sp³-hybridized carbons (Fsp3) is 0.176. The first kappa shape index (κ1) is 18.4. The summed E-state index contributed by atoms with van der Waals surface area (Å²) in [5.41, 5.74) is 13.7. The van der Waals surface area contributed by atoms with Crippen molar-refractivity contribution in [3.8, 4) is 0 Å². The summed E-state index contributed by atoms with van der Waals surface area (Å²) < 4.78 is 0. The van der Waals surface area contributed by atoms with Gasteiger partial charge in [0, 0.05) is 24.0 Å². The van der Waals surface area contributed by atoms with Crippen molar-refractivity contribution in [2.24, 2.45) is 0 Å². The van der Waals surface area contributed by atoms with Gasteiger partial charge in [0.2, 0.25) is 11.9 Å². The molecule has 0 amide bonds. The van der Waals surface area contributed by atoms with E-state index in [9.17, 15) is 0 Å². The van der Waals surface area contributed by atoms with Crippen molar-refractivity contribution in [2.75, 3.05) is 16.8 Å². The fourth-order valence-corrected chi connectivity index (χ4v) is 2.27. The summed E-state index contributed by atoms with van der Waals surface area (Å²) in [6.45, 7) is 4.44. The maximum atomic E-state index is 5.57. The summed E-state index contributed by atoms with van der Waals surface area (Å²) in [6, 6.07) is 13.7. The second kappa shape index (κ2) is 8.79. The van der Waals surface area contributed by atoms with Gasteiger partial charge in [-0.25, -0.2) is 15.0 Å². The maximum Gasteiger partial charge on any atom is 0.222 e. The highest BCUT2D eigenvalue weighted by atomic mass is 35.5. The molecule has 7 nitrogen and oxygen atoms in total. The number of rotatable bonds is 3. The molecule has 0 saturated carbocycles. The molecule has 0 aliphatic heterocycles. The van der Waals surface area contributed by atoms with Gasteiger partial charge >= 0.3 is 0 Å². The Morgan fingerprint density at radius 3 is 2.04 bits per heavy atom. The summed E-state index contributed by atoms with van der Waals surface area (Å²) in [5, 5.41) is 3.60. The van der Waals surface area contributed by atoms with Crippen LogP contribution in [0.25, 0.3) is 0 Å². The number of halogens is 1. The first-order valence-corrected chi connectivity index (χ1v) is 7.96. The van der Waals surface area contributed by atoms with E-state index in [-0.39, 0.29) is 5.95 Å². The average molecular weight is 358 g/mol. The molecule has 0 fully saturated rings. The fourth-order valence-electron chi connectivity index (χ4n) is 2.02. The van der Waals surface area contributed by atoms with Crippen LogP contribution in [0, 0.1) is 13.8 Å². The van der Waals surface area contributed by atoms with Crippen molar-refractivity contribution in [1.82, 2.24) is 19.9 Å². The van der Waals surface area contributed by atoms with E-state index in [2.05, 4.69) is 37.4 Å². The SMILES string of the molecule is Cc1cc(Cl)nc(N)n1.Cc1cc(NCc2ccccc2)nc(N)n1. The highest BCUT2D eigenvalue weighted by Gasteiger charge is 1.98. The summed E-state index contributed by atoms with van der Waals surface area (Å²) in [4.78, 5) is 15.6. The third-order valence-corrected chi connectivity index (χ3v) is 3.22. The van der Waals surface area contributed by atoms with E-state index in [1.54, 1.807) is 6.07 Å². The predicted molar refractivity (Wildman–Crippen MR) is 101 cm³/mol. The zero-order valence-electron chi connectivity index (χ0n) is 14.1. The Hall–Kier alpha value is -2.93. The second-order valence-corrected chi connectivity index (χ2v) is 5.67. The summed E-state index contributed by atoms with van der Waals surface area (Å²) in [6.07, 6.45) is 0. The van der Waals surface area contributed by atoms with E-state index in [1.165, 1.54) is 5.56 Å². The summed E-state index contributed by atoms with van der Waals surface area (Å²) in [5.74, 6) is 1.28. The number of hydrogen-bond acceptors (Lipinski definition) is 7. The Kier molecular flexibility index (Phi) is 6.47. The van der Waals surface area contributed by atoms with Crippen molar-refractivity contribution in [1.29, 1.82) is 0 Å². The molecule has 0 atom stereocenters. The average Bonchev–Trinajstić information content (AvgIpc) is 2.52. The molecule has 0 aliphatic carbocycles. The topological polar surface area (TPSA) is 116 Å². The molecule has 8 heteroatoms. The molecule has 0 bridgehead atoms. The standard InChI is InChI=1S/C12H14N4.C5H6ClN3/c1-9-7-11(16-12(13)15-9)14-8-10-5-3-2-4-6-10;1-3-2-4(6)9-5(7)8-3/h2-7H,8H2,1H3,(H3,13,14,15,16);2H,1H3,(H2,7,8,9). The molecular formula is C17H20ClN7. The minimum absolute atomic E-state index is 0.222. The van der Waals surface area contributed by atoms with E-state index in [0.717, 1.165) is 23.8 Å². The lowest BCUT2D eigenvalue weighted by molar-refractivity contribution is 1.06. The largest absolute Gasteiger partial charge is 0.368 e. The van der Waals surface area contributed by atoms with E-state index in [1.807, 2.05) is 38.1 Å². The molecule has 0 saturated heterocycles. The molecule has 3 aromatic rings. The Morgan fingerprint density at radius 1 is 0.880 bits per heavy atom. The number of anilines is 3. The summed E-state index contributed by atoms with van der Waals surface area (Å²) in [7, 11) is 0. The first-order valence-electron chi connectivity index (χ1n) is 7.58.